The maximum atomic E-state index is 10.4. The molecule has 0 saturated carbocycles. The van der Waals surface area contributed by atoms with E-state index >= 15 is 0 Å². The Morgan fingerprint density at radius 3 is 1.61 bits per heavy atom. The van der Waals surface area contributed by atoms with Gasteiger partial charge in [0, 0.05) is 5.75 Å². The molecule has 0 unspecified atom stereocenters. The van der Waals surface area contributed by atoms with Gasteiger partial charge >= 0.3 is 60.5 Å². The van der Waals surface area contributed by atoms with Crippen LogP contribution in [0.1, 0.15) is 71.1 Å². The third-order valence-corrected chi connectivity index (χ3v) is 4.88. The fourth-order valence-electron chi connectivity index (χ4n) is 1.75. The van der Waals surface area contributed by atoms with Gasteiger partial charge in [0.05, 0.1) is 0 Å². The first kappa shape index (κ1) is 22.2. The molecule has 0 heterocycles. The molecular weight excluding hydrogens is 295 g/mol. The number of unbranched alkanes of at least 4 members (excludes halogenated alkanes) is 9. The summed E-state index contributed by atoms with van der Waals surface area (Å²) in [7, 11) is -3.18. The standard InChI is InChI=1S/C12H26O3S2.K.H/c1-2-3-4-5-6-7-8-9-10-11-12-16-17(13,14)15;;/h2-12H2,1H3,(H,13,14,15);;. The summed E-state index contributed by atoms with van der Waals surface area (Å²) in [6, 6.07) is 0. The van der Waals surface area contributed by atoms with Crippen LogP contribution in [0.3, 0.4) is 0 Å². The minimum absolute atomic E-state index is 0. The topological polar surface area (TPSA) is 54.4 Å². The quantitative estimate of drug-likeness (QED) is 0.257. The van der Waals surface area contributed by atoms with Crippen LogP contribution in [0.5, 0.6) is 0 Å². The van der Waals surface area contributed by atoms with Crippen molar-refractivity contribution in [1.29, 1.82) is 0 Å². The van der Waals surface area contributed by atoms with Crippen molar-refractivity contribution in [2.45, 2.75) is 71.1 Å². The second kappa shape index (κ2) is 15.3. The summed E-state index contributed by atoms with van der Waals surface area (Å²) < 4.78 is 29.3. The number of hydrogen-bond acceptors (Lipinski definition) is 3. The van der Waals surface area contributed by atoms with Gasteiger partial charge in [0.2, 0.25) is 0 Å². The molecule has 0 aromatic rings. The summed E-state index contributed by atoms with van der Waals surface area (Å²) in [6.07, 6.45) is 12.4. The molecule has 0 bridgehead atoms. The van der Waals surface area contributed by atoms with E-state index in [0.29, 0.717) is 16.5 Å². The van der Waals surface area contributed by atoms with Crippen molar-refractivity contribution in [3.63, 3.8) is 0 Å². The summed E-state index contributed by atoms with van der Waals surface area (Å²) in [4.78, 5) is 0. The van der Waals surface area contributed by atoms with Gasteiger partial charge in [0.25, 0.3) is 0 Å². The van der Waals surface area contributed by atoms with Crippen LogP contribution in [-0.2, 0) is 9.15 Å². The summed E-state index contributed by atoms with van der Waals surface area (Å²) in [6.45, 7) is 2.23. The fourth-order valence-corrected chi connectivity index (χ4v) is 3.27. The Labute approximate surface area is 159 Å². The van der Waals surface area contributed by atoms with Crippen LogP contribution >= 0.6 is 10.8 Å². The minimum atomic E-state index is -3.82. The molecule has 0 rings (SSSR count). The molecule has 0 aliphatic rings. The van der Waals surface area contributed by atoms with Crippen molar-refractivity contribution in [2.75, 3.05) is 5.75 Å². The van der Waals surface area contributed by atoms with Crippen LogP contribution in [0.25, 0.3) is 0 Å². The van der Waals surface area contributed by atoms with Crippen LogP contribution in [0.4, 0.5) is 0 Å². The van der Waals surface area contributed by atoms with Crippen molar-refractivity contribution in [3.8, 4) is 0 Å². The van der Waals surface area contributed by atoms with Crippen LogP contribution in [0, 0.1) is 0 Å². The van der Waals surface area contributed by atoms with Gasteiger partial charge in [-0.2, -0.15) is 8.42 Å². The summed E-state index contributed by atoms with van der Waals surface area (Å²) >= 11 is 0. The normalized spacial score (nSPS) is 11.2. The maximum absolute atomic E-state index is 10.4. The fraction of sp³-hybridized carbons (Fsp3) is 1.00. The molecule has 0 aliphatic carbocycles. The van der Waals surface area contributed by atoms with Crippen LogP contribution in [-0.4, -0.2) is 70.1 Å². The van der Waals surface area contributed by atoms with Crippen LogP contribution in [0.15, 0.2) is 0 Å². The molecule has 6 heteroatoms. The zero-order valence-corrected chi connectivity index (χ0v) is 12.5. The predicted octanol–water partition coefficient (Wildman–Crippen LogP) is 3.79. The Hall–Kier alpha value is 1.90. The van der Waals surface area contributed by atoms with Gasteiger partial charge in [-0.05, 0) is 17.2 Å². The molecule has 0 aliphatic heterocycles. The molecule has 1 N–H and O–H groups in total. The first-order valence-corrected chi connectivity index (χ1v) is 9.62. The number of hydrogen-bond donors (Lipinski definition) is 1. The molecule has 0 radical (unpaired) electrons. The zero-order chi connectivity index (χ0) is 13.0. The second-order valence-corrected chi connectivity index (χ2v) is 7.90. The average molecular weight is 323 g/mol. The van der Waals surface area contributed by atoms with E-state index in [1.165, 1.54) is 51.4 Å². The number of rotatable bonds is 12. The average Bonchev–Trinajstić information content (AvgIpc) is 2.24. The Kier molecular flexibility index (Phi) is 18.8. The van der Waals surface area contributed by atoms with Gasteiger partial charge < -0.3 is 0 Å². The molecule has 106 valence electrons. The van der Waals surface area contributed by atoms with Gasteiger partial charge in [-0.15, -0.1) is 0 Å². The molecule has 0 aromatic carbocycles. The van der Waals surface area contributed by atoms with E-state index in [-0.39, 0.29) is 51.4 Å². The molecule has 0 fully saturated rings. The van der Waals surface area contributed by atoms with Crippen LogP contribution in [0.2, 0.25) is 0 Å². The van der Waals surface area contributed by atoms with E-state index in [4.69, 9.17) is 4.55 Å². The van der Waals surface area contributed by atoms with E-state index in [9.17, 15) is 8.42 Å². The molecule has 0 saturated heterocycles. The Morgan fingerprint density at radius 2 is 1.22 bits per heavy atom. The van der Waals surface area contributed by atoms with Crippen molar-refractivity contribution in [3.05, 3.63) is 0 Å². The van der Waals surface area contributed by atoms with Crippen molar-refractivity contribution < 1.29 is 13.0 Å². The summed E-state index contributed by atoms with van der Waals surface area (Å²) in [5, 5.41) is 0. The molecule has 0 aromatic heterocycles. The Balaban J connectivity index is 0. The van der Waals surface area contributed by atoms with Gasteiger partial charge in [-0.1, -0.05) is 64.7 Å². The zero-order valence-electron chi connectivity index (χ0n) is 10.9. The van der Waals surface area contributed by atoms with Crippen molar-refractivity contribution in [2.24, 2.45) is 0 Å². The van der Waals surface area contributed by atoms with Gasteiger partial charge in [0.1, 0.15) is 0 Å². The van der Waals surface area contributed by atoms with Gasteiger partial charge in [-0.3, -0.25) is 4.55 Å². The second-order valence-electron chi connectivity index (χ2n) is 4.43. The molecule has 0 spiro atoms. The summed E-state index contributed by atoms with van der Waals surface area (Å²) in [5.41, 5.74) is 0. The van der Waals surface area contributed by atoms with E-state index in [1.54, 1.807) is 0 Å². The molecule has 0 amide bonds. The van der Waals surface area contributed by atoms with Gasteiger partial charge in [0.15, 0.2) is 0 Å². The van der Waals surface area contributed by atoms with E-state index in [0.717, 1.165) is 12.8 Å². The Morgan fingerprint density at radius 1 is 0.833 bits per heavy atom. The van der Waals surface area contributed by atoms with Gasteiger partial charge in [-0.25, -0.2) is 0 Å². The van der Waals surface area contributed by atoms with Crippen LogP contribution < -0.4 is 0 Å². The van der Waals surface area contributed by atoms with Crippen molar-refractivity contribution in [1.82, 2.24) is 0 Å². The molecule has 18 heavy (non-hydrogen) atoms. The molecular formula is C12H27KO3S2. The third-order valence-electron chi connectivity index (χ3n) is 2.73. The van der Waals surface area contributed by atoms with E-state index < -0.39 is 9.15 Å². The first-order valence-electron chi connectivity index (χ1n) is 6.68. The van der Waals surface area contributed by atoms with Crippen molar-refractivity contribution >= 4 is 71.3 Å². The van der Waals surface area contributed by atoms with E-state index in [1.807, 2.05) is 0 Å². The molecule has 3 nitrogen and oxygen atoms in total. The summed E-state index contributed by atoms with van der Waals surface area (Å²) in [5.74, 6) is 0.509. The Bertz CT molecular complexity index is 256. The predicted molar refractivity (Wildman–Crippen MR) is 83.0 cm³/mol. The van der Waals surface area contributed by atoms with E-state index in [2.05, 4.69) is 6.92 Å². The third kappa shape index (κ3) is 20.2. The monoisotopic (exact) mass is 322 g/mol. The SMILES string of the molecule is CCCCCCCCCCCCSS(=O)(=O)O.[KH]. The first-order chi connectivity index (χ1) is 8.06. The molecule has 0 atom stereocenters.